The number of hydrogen-bond acceptors (Lipinski definition) is 8. The van der Waals surface area contributed by atoms with Gasteiger partial charge in [-0.25, -0.2) is 4.99 Å². The van der Waals surface area contributed by atoms with Gasteiger partial charge in [-0.1, -0.05) is 0 Å². The van der Waals surface area contributed by atoms with Crippen molar-refractivity contribution in [2.45, 2.75) is 37.1 Å². The number of amides is 1. The number of aliphatic imine (C=N–C) groups is 2. The Balaban J connectivity index is 1.97. The molecule has 3 aliphatic heterocycles. The van der Waals surface area contributed by atoms with Crippen LogP contribution in [0.3, 0.4) is 0 Å². The summed E-state index contributed by atoms with van der Waals surface area (Å²) in [5.74, 6) is -1.70. The maximum Gasteiger partial charge on any atom is 0.270 e. The first-order chi connectivity index (χ1) is 10.9. The number of nitriles is 1. The molecule has 0 saturated carbocycles. The normalized spacial score (nSPS) is 35.6. The average Bonchev–Trinajstić information content (AvgIpc) is 3.09. The Kier molecular flexibility index (Phi) is 3.28. The van der Waals surface area contributed by atoms with E-state index in [1.807, 2.05) is 6.07 Å². The van der Waals surface area contributed by atoms with E-state index in [2.05, 4.69) is 15.3 Å². The van der Waals surface area contributed by atoms with Gasteiger partial charge in [0, 0.05) is 0 Å². The van der Waals surface area contributed by atoms with Crippen LogP contribution in [0.25, 0.3) is 0 Å². The Hall–Kier alpha value is -2.64. The van der Waals surface area contributed by atoms with Crippen LogP contribution in [0, 0.1) is 16.7 Å². The highest BCUT2D eigenvalue weighted by Crippen LogP contribution is 2.35. The summed E-state index contributed by atoms with van der Waals surface area (Å²) in [4.78, 5) is 33.6. The smallest absolute Gasteiger partial charge is 0.270 e. The van der Waals surface area contributed by atoms with Crippen LogP contribution in [0.15, 0.2) is 9.98 Å². The number of aliphatic hydroxyl groups excluding tert-OH is 1. The van der Waals surface area contributed by atoms with E-state index in [-0.39, 0.29) is 5.84 Å². The molecule has 0 aromatic carbocycles. The Morgan fingerprint density at radius 1 is 1.74 bits per heavy atom. The number of carbonyl (C=O) groups is 2. The minimum atomic E-state index is -1.83. The highest BCUT2D eigenvalue weighted by atomic mass is 16.5. The number of nitrogens with one attached hydrogen (secondary N) is 2. The van der Waals surface area contributed by atoms with Gasteiger partial charge in [-0.05, 0) is 19.8 Å². The van der Waals surface area contributed by atoms with Crippen molar-refractivity contribution in [3.8, 4) is 6.07 Å². The Bertz CT molecular complexity index is 710. The number of nitrogens with zero attached hydrogens (tertiary/aromatic N) is 4. The van der Waals surface area contributed by atoms with Gasteiger partial charge in [0.15, 0.2) is 17.2 Å². The van der Waals surface area contributed by atoms with Crippen LogP contribution < -0.4 is 5.32 Å². The van der Waals surface area contributed by atoms with Crippen molar-refractivity contribution in [2.75, 3.05) is 6.61 Å². The van der Waals surface area contributed by atoms with Crippen LogP contribution in [-0.4, -0.2) is 63.8 Å². The van der Waals surface area contributed by atoms with Gasteiger partial charge in [0.1, 0.15) is 12.3 Å². The third-order valence-corrected chi connectivity index (χ3v) is 4.16. The predicted octanol–water partition coefficient (Wildman–Crippen LogP) is -1.49. The monoisotopic (exact) mass is 318 g/mol. The van der Waals surface area contributed by atoms with E-state index < -0.39 is 41.6 Å². The molecule has 0 bridgehead atoms. The molecule has 0 radical (unpaired) electrons. The van der Waals surface area contributed by atoms with Crippen LogP contribution in [0.1, 0.15) is 19.8 Å². The number of aliphatic hydroxyl groups is 1. The molecule has 3 rings (SSSR count). The van der Waals surface area contributed by atoms with Gasteiger partial charge in [-0.2, -0.15) is 10.3 Å². The maximum atomic E-state index is 12.2. The van der Waals surface area contributed by atoms with Gasteiger partial charge < -0.3 is 9.84 Å². The van der Waals surface area contributed by atoms with E-state index in [9.17, 15) is 14.7 Å². The van der Waals surface area contributed by atoms with Crippen molar-refractivity contribution in [1.82, 2.24) is 10.2 Å². The first kappa shape index (κ1) is 15.3. The molecule has 10 nitrogen and oxygen atoms in total. The van der Waals surface area contributed by atoms with Crippen molar-refractivity contribution < 1.29 is 19.4 Å². The molecule has 3 heterocycles. The molecule has 120 valence electrons. The second kappa shape index (κ2) is 4.94. The summed E-state index contributed by atoms with van der Waals surface area (Å²) in [6, 6.07) is 1.93. The molecular formula is C13H14N6O4. The van der Waals surface area contributed by atoms with Crippen molar-refractivity contribution in [3.05, 3.63) is 0 Å². The van der Waals surface area contributed by atoms with Crippen molar-refractivity contribution in [1.29, 1.82) is 10.7 Å². The van der Waals surface area contributed by atoms with Gasteiger partial charge in [-0.15, -0.1) is 0 Å². The van der Waals surface area contributed by atoms with Crippen LogP contribution in [-0.2, 0) is 14.3 Å². The van der Waals surface area contributed by atoms with Gasteiger partial charge >= 0.3 is 0 Å². The van der Waals surface area contributed by atoms with E-state index in [1.165, 1.54) is 18.2 Å². The second-order valence-electron chi connectivity index (χ2n) is 5.53. The summed E-state index contributed by atoms with van der Waals surface area (Å²) in [5.41, 5.74) is -3.16. The number of rotatable bonds is 3. The second-order valence-corrected chi connectivity index (χ2v) is 5.53. The lowest BCUT2D eigenvalue weighted by Gasteiger charge is -2.32. The molecule has 1 amide bonds. The zero-order valence-corrected chi connectivity index (χ0v) is 12.2. The van der Waals surface area contributed by atoms with Gasteiger partial charge in [0.05, 0.1) is 12.9 Å². The Morgan fingerprint density at radius 3 is 3.04 bits per heavy atom. The van der Waals surface area contributed by atoms with E-state index in [0.29, 0.717) is 12.8 Å². The van der Waals surface area contributed by atoms with Gasteiger partial charge in [-0.3, -0.25) is 25.2 Å². The molecule has 1 saturated heterocycles. The van der Waals surface area contributed by atoms with E-state index in [1.54, 1.807) is 0 Å². The lowest BCUT2D eigenvalue weighted by molar-refractivity contribution is -0.131. The molecule has 3 N–H and O–H groups in total. The van der Waals surface area contributed by atoms with Crippen LogP contribution in [0.4, 0.5) is 0 Å². The lowest BCUT2D eigenvalue weighted by atomic mass is 9.91. The summed E-state index contributed by atoms with van der Waals surface area (Å²) in [7, 11) is 0. The number of hydrogen-bond donors (Lipinski definition) is 3. The fourth-order valence-corrected chi connectivity index (χ4v) is 2.86. The number of ether oxygens (including phenoxy) is 1. The zero-order chi connectivity index (χ0) is 16.8. The molecule has 10 heteroatoms. The van der Waals surface area contributed by atoms with Crippen molar-refractivity contribution in [2.24, 2.45) is 9.98 Å². The van der Waals surface area contributed by atoms with Gasteiger partial charge in [0.2, 0.25) is 5.96 Å². The Morgan fingerprint density at radius 2 is 2.48 bits per heavy atom. The largest absolute Gasteiger partial charge is 0.392 e. The van der Waals surface area contributed by atoms with E-state index >= 15 is 0 Å². The van der Waals surface area contributed by atoms with E-state index in [4.69, 9.17) is 15.4 Å². The Labute approximate surface area is 131 Å². The number of ketones is 1. The molecular weight excluding hydrogens is 304 g/mol. The first-order valence-corrected chi connectivity index (χ1v) is 6.92. The molecule has 0 aromatic rings. The maximum absolute atomic E-state index is 12.2. The topological polar surface area (TPSA) is 151 Å². The fraction of sp³-hybridized carbons (Fsp3) is 0.538. The summed E-state index contributed by atoms with van der Waals surface area (Å²) in [6.45, 7) is 0.749. The third-order valence-electron chi connectivity index (χ3n) is 4.16. The highest BCUT2D eigenvalue weighted by Gasteiger charge is 2.58. The van der Waals surface area contributed by atoms with E-state index in [0.717, 1.165) is 0 Å². The number of Topliss-reactive ketones (excluding diaryl/α,β-unsaturated/α-hetero) is 1. The molecule has 0 aromatic heterocycles. The molecule has 0 spiro atoms. The molecule has 1 fully saturated rings. The van der Waals surface area contributed by atoms with Crippen LogP contribution in [0.5, 0.6) is 0 Å². The molecule has 23 heavy (non-hydrogen) atoms. The fourth-order valence-electron chi connectivity index (χ4n) is 2.86. The summed E-state index contributed by atoms with van der Waals surface area (Å²) in [5, 5.41) is 28.3. The first-order valence-electron chi connectivity index (χ1n) is 6.92. The SMILES string of the molecule is CC(=O)C12N=CN([C@H]3CC[C@@](C#N)(CO)O3)C1=NC(=N)NC2=O. The zero-order valence-electron chi connectivity index (χ0n) is 12.2. The number of fused-ring (bicyclic) bond motifs is 1. The molecule has 3 aliphatic rings. The standard InChI is InChI=1S/C13H14N6O4/c1-7(21)13-9(17-11(15)18-10(13)22)19(6-16-13)8-2-3-12(4-14,5-20)23-8/h6,8,20H,2-3,5H2,1H3,(H2,15,18,22)/t8-,12-,13?/m1/s1. The third kappa shape index (κ3) is 1.97. The molecule has 1 unspecified atom stereocenters. The minimum absolute atomic E-state index is 0.0181. The highest BCUT2D eigenvalue weighted by molar-refractivity contribution is 6.38. The number of carbonyl (C=O) groups excluding carboxylic acids is 2. The minimum Gasteiger partial charge on any atom is -0.392 e. The summed E-state index contributed by atoms with van der Waals surface area (Å²) < 4.78 is 5.60. The number of amidine groups is 1. The van der Waals surface area contributed by atoms with Gasteiger partial charge in [0.25, 0.3) is 11.4 Å². The van der Waals surface area contributed by atoms with Crippen LogP contribution >= 0.6 is 0 Å². The summed E-state index contributed by atoms with van der Waals surface area (Å²) >= 11 is 0. The van der Waals surface area contributed by atoms with Crippen molar-refractivity contribution >= 4 is 29.8 Å². The average molecular weight is 318 g/mol. The predicted molar refractivity (Wildman–Crippen MR) is 76.6 cm³/mol. The quantitative estimate of drug-likeness (QED) is 0.539. The van der Waals surface area contributed by atoms with Crippen LogP contribution in [0.2, 0.25) is 0 Å². The summed E-state index contributed by atoms with van der Waals surface area (Å²) in [6.07, 6.45) is 1.22. The lowest BCUT2D eigenvalue weighted by Crippen LogP contribution is -2.62. The molecule has 3 atom stereocenters. The van der Waals surface area contributed by atoms with Crippen molar-refractivity contribution in [3.63, 3.8) is 0 Å². The number of guanidine groups is 1. The molecule has 0 aliphatic carbocycles.